The predicted molar refractivity (Wildman–Crippen MR) is 76.9 cm³/mol. The van der Waals surface area contributed by atoms with Gasteiger partial charge in [-0.15, -0.1) is 0 Å². The van der Waals surface area contributed by atoms with Crippen LogP contribution in [0.5, 0.6) is 5.75 Å². The van der Waals surface area contributed by atoms with Gasteiger partial charge >= 0.3 is 5.97 Å². The van der Waals surface area contributed by atoms with Crippen LogP contribution in [0, 0.1) is 0 Å². The second-order valence-corrected chi connectivity index (χ2v) is 4.99. The second-order valence-electron chi connectivity index (χ2n) is 4.99. The maximum absolute atomic E-state index is 10.7. The van der Waals surface area contributed by atoms with Crippen molar-refractivity contribution in [2.45, 2.75) is 12.2 Å². The fourth-order valence-corrected chi connectivity index (χ4v) is 2.44. The summed E-state index contributed by atoms with van der Waals surface area (Å²) in [6.45, 7) is 2.98. The number of hydrogen-bond acceptors (Lipinski definition) is 5. The molecule has 2 rings (SSSR count). The van der Waals surface area contributed by atoms with Crippen LogP contribution in [-0.2, 0) is 9.47 Å². The van der Waals surface area contributed by atoms with Gasteiger partial charge in [0.15, 0.2) is 0 Å². The third-order valence-electron chi connectivity index (χ3n) is 3.67. The van der Waals surface area contributed by atoms with Crippen LogP contribution in [0.3, 0.4) is 0 Å². The quantitative estimate of drug-likeness (QED) is 0.812. The van der Waals surface area contributed by atoms with Crippen molar-refractivity contribution in [3.8, 4) is 5.75 Å². The van der Waals surface area contributed by atoms with Crippen molar-refractivity contribution in [2.24, 2.45) is 0 Å². The standard InChI is InChI=1S/C15H21NO5/c1-19-13-9-16(10-14(13)20-2)7-8-21-12-5-3-11(4-6-12)15(17)18/h3-6,13-14H,7-10H2,1-2H3,(H,17,18). The molecule has 1 saturated heterocycles. The van der Waals surface area contributed by atoms with Crippen LogP contribution in [0.4, 0.5) is 0 Å². The van der Waals surface area contributed by atoms with Crippen molar-refractivity contribution in [3.63, 3.8) is 0 Å². The number of carboxylic acids is 1. The van der Waals surface area contributed by atoms with Gasteiger partial charge in [0.1, 0.15) is 12.4 Å². The summed E-state index contributed by atoms with van der Waals surface area (Å²) in [7, 11) is 3.39. The molecule has 116 valence electrons. The molecule has 1 N–H and O–H groups in total. The number of nitrogens with zero attached hydrogens (tertiary/aromatic N) is 1. The number of likely N-dealkylation sites (tertiary alicyclic amines) is 1. The first kappa shape index (κ1) is 15.8. The van der Waals surface area contributed by atoms with E-state index in [1.807, 2.05) is 0 Å². The highest BCUT2D eigenvalue weighted by atomic mass is 16.5. The molecule has 1 aromatic carbocycles. The van der Waals surface area contributed by atoms with Gasteiger partial charge in [-0.2, -0.15) is 0 Å². The Labute approximate surface area is 124 Å². The van der Waals surface area contributed by atoms with Crippen LogP contribution >= 0.6 is 0 Å². The summed E-state index contributed by atoms with van der Waals surface area (Å²) in [4.78, 5) is 13.0. The Hall–Kier alpha value is -1.63. The molecule has 0 spiro atoms. The Bertz CT molecular complexity index is 450. The Kier molecular flexibility index (Phi) is 5.55. The van der Waals surface area contributed by atoms with E-state index in [9.17, 15) is 4.79 Å². The number of aromatic carboxylic acids is 1. The number of rotatable bonds is 7. The van der Waals surface area contributed by atoms with E-state index in [-0.39, 0.29) is 17.8 Å². The molecule has 0 bridgehead atoms. The number of hydrogen-bond donors (Lipinski definition) is 1. The van der Waals surface area contributed by atoms with Crippen LogP contribution in [0.15, 0.2) is 24.3 Å². The highest BCUT2D eigenvalue weighted by molar-refractivity contribution is 5.87. The lowest BCUT2D eigenvalue weighted by atomic mass is 10.2. The van der Waals surface area contributed by atoms with E-state index < -0.39 is 5.97 Å². The van der Waals surface area contributed by atoms with Crippen LogP contribution in [0.1, 0.15) is 10.4 Å². The molecular weight excluding hydrogens is 274 g/mol. The van der Waals surface area contributed by atoms with Gasteiger partial charge in [-0.1, -0.05) is 0 Å². The minimum Gasteiger partial charge on any atom is -0.492 e. The Morgan fingerprint density at radius 3 is 2.24 bits per heavy atom. The van der Waals surface area contributed by atoms with Gasteiger partial charge in [-0.25, -0.2) is 4.79 Å². The molecule has 1 fully saturated rings. The maximum Gasteiger partial charge on any atom is 0.335 e. The molecule has 0 amide bonds. The zero-order valence-electron chi connectivity index (χ0n) is 12.3. The Morgan fingerprint density at radius 1 is 1.19 bits per heavy atom. The monoisotopic (exact) mass is 295 g/mol. The minimum atomic E-state index is -0.935. The van der Waals surface area contributed by atoms with Gasteiger partial charge in [-0.05, 0) is 24.3 Å². The average Bonchev–Trinajstić information content (AvgIpc) is 2.90. The summed E-state index contributed by atoms with van der Waals surface area (Å²) in [5.74, 6) is -0.263. The lowest BCUT2D eigenvalue weighted by Gasteiger charge is -2.15. The van der Waals surface area contributed by atoms with E-state index in [4.69, 9.17) is 19.3 Å². The van der Waals surface area contributed by atoms with E-state index in [0.717, 1.165) is 19.6 Å². The van der Waals surface area contributed by atoms with Gasteiger partial charge in [0.05, 0.1) is 17.8 Å². The van der Waals surface area contributed by atoms with E-state index in [2.05, 4.69) is 4.90 Å². The topological polar surface area (TPSA) is 68.2 Å². The first-order valence-corrected chi connectivity index (χ1v) is 6.88. The van der Waals surface area contributed by atoms with Gasteiger partial charge in [-0.3, -0.25) is 4.90 Å². The van der Waals surface area contributed by atoms with Crippen molar-refractivity contribution in [1.29, 1.82) is 0 Å². The summed E-state index contributed by atoms with van der Waals surface area (Å²) in [5, 5.41) is 8.82. The number of benzene rings is 1. The molecule has 0 radical (unpaired) electrons. The fraction of sp³-hybridized carbons (Fsp3) is 0.533. The molecular formula is C15H21NO5. The predicted octanol–water partition coefficient (Wildman–Crippen LogP) is 1.11. The Morgan fingerprint density at radius 2 is 1.76 bits per heavy atom. The van der Waals surface area contributed by atoms with Gasteiger partial charge in [0.2, 0.25) is 0 Å². The molecule has 1 aliphatic rings. The molecule has 21 heavy (non-hydrogen) atoms. The molecule has 2 atom stereocenters. The minimum absolute atomic E-state index is 0.102. The molecule has 2 unspecified atom stereocenters. The van der Waals surface area contributed by atoms with Crippen LogP contribution in [0.2, 0.25) is 0 Å². The van der Waals surface area contributed by atoms with Crippen LogP contribution in [-0.4, -0.2) is 68.6 Å². The van der Waals surface area contributed by atoms with E-state index in [0.29, 0.717) is 12.4 Å². The molecule has 6 heteroatoms. The van der Waals surface area contributed by atoms with Gasteiger partial charge in [0, 0.05) is 33.9 Å². The zero-order chi connectivity index (χ0) is 15.2. The van der Waals surface area contributed by atoms with Crippen LogP contribution in [0.25, 0.3) is 0 Å². The molecule has 1 heterocycles. The van der Waals surface area contributed by atoms with Crippen molar-refractivity contribution in [3.05, 3.63) is 29.8 Å². The highest BCUT2D eigenvalue weighted by Crippen LogP contribution is 2.16. The number of ether oxygens (including phenoxy) is 3. The lowest BCUT2D eigenvalue weighted by molar-refractivity contribution is -0.00461. The van der Waals surface area contributed by atoms with E-state index in [1.54, 1.807) is 26.4 Å². The van der Waals surface area contributed by atoms with Crippen molar-refractivity contribution >= 4 is 5.97 Å². The highest BCUT2D eigenvalue weighted by Gasteiger charge is 2.32. The number of methoxy groups -OCH3 is 2. The van der Waals surface area contributed by atoms with Crippen molar-refractivity contribution in [1.82, 2.24) is 4.90 Å². The average molecular weight is 295 g/mol. The van der Waals surface area contributed by atoms with Crippen molar-refractivity contribution in [2.75, 3.05) is 40.5 Å². The normalized spacial score (nSPS) is 22.4. The zero-order valence-corrected chi connectivity index (χ0v) is 12.3. The SMILES string of the molecule is COC1CN(CCOc2ccc(C(=O)O)cc2)CC1OC. The van der Waals surface area contributed by atoms with Gasteiger partial charge < -0.3 is 19.3 Å². The van der Waals surface area contributed by atoms with Crippen LogP contribution < -0.4 is 4.74 Å². The molecule has 0 saturated carbocycles. The first-order chi connectivity index (χ1) is 10.1. The second kappa shape index (κ2) is 7.40. The molecule has 1 aliphatic heterocycles. The third-order valence-corrected chi connectivity index (χ3v) is 3.67. The van der Waals surface area contributed by atoms with Gasteiger partial charge in [0.25, 0.3) is 0 Å². The third kappa shape index (κ3) is 4.17. The number of carboxylic acid groups (broad SMARTS) is 1. The summed E-state index contributed by atoms with van der Waals surface area (Å²) in [6, 6.07) is 6.41. The summed E-state index contributed by atoms with van der Waals surface area (Å²) < 4.78 is 16.4. The van der Waals surface area contributed by atoms with Crippen molar-refractivity contribution < 1.29 is 24.1 Å². The molecule has 1 aromatic rings. The Balaban J connectivity index is 1.76. The number of carbonyl (C=O) groups is 1. The summed E-state index contributed by atoms with van der Waals surface area (Å²) in [5.41, 5.74) is 0.257. The van der Waals surface area contributed by atoms with E-state index in [1.165, 1.54) is 12.1 Å². The molecule has 6 nitrogen and oxygen atoms in total. The van der Waals surface area contributed by atoms with E-state index >= 15 is 0 Å². The summed E-state index contributed by atoms with van der Waals surface area (Å²) >= 11 is 0. The molecule has 0 aliphatic carbocycles. The molecule has 0 aromatic heterocycles. The largest absolute Gasteiger partial charge is 0.492 e. The first-order valence-electron chi connectivity index (χ1n) is 6.88. The summed E-state index contributed by atoms with van der Waals surface area (Å²) in [6.07, 6.45) is 0.203. The smallest absolute Gasteiger partial charge is 0.335 e. The maximum atomic E-state index is 10.7. The lowest BCUT2D eigenvalue weighted by Crippen LogP contribution is -2.27. The fourth-order valence-electron chi connectivity index (χ4n) is 2.44.